The topological polar surface area (TPSA) is 239 Å². The zero-order valence-electron chi connectivity index (χ0n) is 26.1. The molecule has 2 amide bonds. The van der Waals surface area contributed by atoms with Crippen molar-refractivity contribution >= 4 is 39.0 Å². The van der Waals surface area contributed by atoms with E-state index >= 15 is 0 Å². The summed E-state index contributed by atoms with van der Waals surface area (Å²) in [6.07, 6.45) is -8.60. The molecule has 264 valence electrons. The number of amides is 2. The van der Waals surface area contributed by atoms with Crippen molar-refractivity contribution in [3.8, 4) is 0 Å². The van der Waals surface area contributed by atoms with E-state index in [1.807, 2.05) is 4.98 Å². The summed E-state index contributed by atoms with van der Waals surface area (Å²) < 4.78 is 52.7. The number of benzene rings is 3. The normalized spacial score (nSPS) is 20.9. The van der Waals surface area contributed by atoms with E-state index in [1.54, 1.807) is 85.8 Å². The van der Waals surface area contributed by atoms with Gasteiger partial charge in [-0.2, -0.15) is 0 Å². The van der Waals surface area contributed by atoms with Crippen LogP contribution in [0.2, 0.25) is 0 Å². The molecule has 4 aromatic rings. The summed E-state index contributed by atoms with van der Waals surface area (Å²) in [5, 5.41) is 4.93. The van der Waals surface area contributed by atoms with Crippen molar-refractivity contribution < 1.29 is 51.6 Å². The summed E-state index contributed by atoms with van der Waals surface area (Å²) in [6.45, 7) is 0.597. The van der Waals surface area contributed by atoms with Gasteiger partial charge in [-0.3, -0.25) is 33.9 Å². The maximum atomic E-state index is 13.1. The minimum Gasteiger partial charge on any atom is -0.778 e. The maximum absolute atomic E-state index is 13.1. The molecule has 19 heteroatoms. The van der Waals surface area contributed by atoms with Gasteiger partial charge in [0.15, 0.2) is 18.4 Å². The average Bonchev–Trinajstić information content (AvgIpc) is 3.37. The lowest BCUT2D eigenvalue weighted by Gasteiger charge is -2.32. The van der Waals surface area contributed by atoms with Crippen molar-refractivity contribution in [2.75, 3.05) is 17.2 Å². The number of rotatable bonds is 12. The van der Waals surface area contributed by atoms with Gasteiger partial charge in [0.1, 0.15) is 13.7 Å². The standard InChI is InChI=1S/C31H32N4O13P2/c1-20-10-8-9-11-21(20)19-49(40,41)48-50(42,43)44-18-24-26(46-30(38)32-22-12-4-2-5-13-22)27(47-31(39)33-23-14-6-3-7-15-23)28(45-24)35-17-16-25(36)34-29(35)37/h2-17,24,26-28H,18-19H2,1H3,(H,32,38)(H,33,39)(H,40,41)(H,42,43)(H,34,36,37)/p-2/t24-,26?,27+,28-/m1/s1. The van der Waals surface area contributed by atoms with Crippen LogP contribution >= 0.6 is 15.4 Å². The Hall–Kier alpha value is -4.86. The van der Waals surface area contributed by atoms with Crippen LogP contribution in [-0.2, 0) is 38.3 Å². The van der Waals surface area contributed by atoms with Gasteiger partial charge in [0, 0.05) is 29.8 Å². The minimum atomic E-state index is -5.63. The number of para-hydroxylation sites is 2. The lowest BCUT2D eigenvalue weighted by Crippen LogP contribution is -2.44. The third-order valence-electron chi connectivity index (χ3n) is 7.18. The van der Waals surface area contributed by atoms with Crippen molar-refractivity contribution in [2.24, 2.45) is 0 Å². The van der Waals surface area contributed by atoms with E-state index in [0.717, 1.165) is 16.8 Å². The Balaban J connectivity index is 1.42. The van der Waals surface area contributed by atoms with Gasteiger partial charge < -0.3 is 33.1 Å². The molecule has 17 nitrogen and oxygen atoms in total. The van der Waals surface area contributed by atoms with E-state index in [2.05, 4.69) is 14.9 Å². The first-order chi connectivity index (χ1) is 23.8. The number of aromatic amines is 1. The van der Waals surface area contributed by atoms with Gasteiger partial charge in [-0.1, -0.05) is 60.7 Å². The molecule has 1 aliphatic heterocycles. The Bertz CT molecular complexity index is 2030. The second-order valence-electron chi connectivity index (χ2n) is 10.8. The van der Waals surface area contributed by atoms with Gasteiger partial charge in [-0.15, -0.1) is 0 Å². The molecular weight excluding hydrogens is 698 g/mol. The van der Waals surface area contributed by atoms with Gasteiger partial charge in [0.2, 0.25) is 0 Å². The quantitative estimate of drug-likeness (QED) is 0.178. The molecule has 50 heavy (non-hydrogen) atoms. The van der Waals surface area contributed by atoms with Crippen LogP contribution in [0.1, 0.15) is 17.4 Å². The Kier molecular flexibility index (Phi) is 11.5. The predicted molar refractivity (Wildman–Crippen MR) is 173 cm³/mol. The third kappa shape index (κ3) is 9.86. The van der Waals surface area contributed by atoms with Crippen LogP contribution in [0.15, 0.2) is 107 Å². The molecule has 0 radical (unpaired) electrons. The van der Waals surface area contributed by atoms with Crippen molar-refractivity contribution in [3.63, 3.8) is 0 Å². The second kappa shape index (κ2) is 15.8. The number of nitrogens with one attached hydrogen (secondary N) is 3. The van der Waals surface area contributed by atoms with Crippen LogP contribution in [-0.4, -0.2) is 46.7 Å². The van der Waals surface area contributed by atoms with Crippen LogP contribution in [0, 0.1) is 6.92 Å². The van der Waals surface area contributed by atoms with E-state index in [1.165, 1.54) is 6.07 Å². The Morgan fingerprint density at radius 1 is 0.840 bits per heavy atom. The molecule has 1 saturated heterocycles. The van der Waals surface area contributed by atoms with E-state index in [0.29, 0.717) is 22.5 Å². The minimum absolute atomic E-state index is 0.297. The smallest absolute Gasteiger partial charge is 0.412 e. The highest BCUT2D eigenvalue weighted by Crippen LogP contribution is 2.57. The van der Waals surface area contributed by atoms with Crippen LogP contribution in [0.4, 0.5) is 21.0 Å². The fraction of sp³-hybridized carbons (Fsp3) is 0.226. The number of nitrogens with zero attached hydrogens (tertiary/aromatic N) is 1. The number of carbonyl (C=O) groups is 2. The number of H-pyrrole nitrogens is 1. The van der Waals surface area contributed by atoms with Gasteiger partial charge in [-0.05, 0) is 42.3 Å². The number of aromatic nitrogens is 2. The summed E-state index contributed by atoms with van der Waals surface area (Å²) in [4.78, 5) is 78.2. The van der Waals surface area contributed by atoms with Gasteiger partial charge >= 0.3 is 17.9 Å². The van der Waals surface area contributed by atoms with Crippen LogP contribution in [0.5, 0.6) is 0 Å². The molecule has 3 N–H and O–H groups in total. The average molecular weight is 729 g/mol. The fourth-order valence-electron chi connectivity index (χ4n) is 4.91. The molecule has 3 aromatic carbocycles. The van der Waals surface area contributed by atoms with E-state index in [4.69, 9.17) is 18.7 Å². The monoisotopic (exact) mass is 728 g/mol. The SMILES string of the molecule is Cc1ccccc1CP(=O)([O-])OP(=O)([O-])OC[C@H]1O[C@@H](n2ccc(=O)[nH]c2=O)[C@@H](OC(=O)Nc2ccccc2)C1OC(=O)Nc1ccccc1. The number of carbonyl (C=O) groups excluding carboxylic acids is 2. The van der Waals surface area contributed by atoms with Crippen LogP contribution in [0.25, 0.3) is 0 Å². The third-order valence-corrected chi connectivity index (χ3v) is 10.2. The summed E-state index contributed by atoms with van der Waals surface area (Å²) in [7, 11) is -10.7. The van der Waals surface area contributed by atoms with Crippen molar-refractivity contribution in [1.82, 2.24) is 9.55 Å². The van der Waals surface area contributed by atoms with Crippen molar-refractivity contribution in [1.29, 1.82) is 0 Å². The zero-order valence-corrected chi connectivity index (χ0v) is 27.9. The Morgan fingerprint density at radius 2 is 1.40 bits per heavy atom. The highest BCUT2D eigenvalue weighted by Gasteiger charge is 2.51. The van der Waals surface area contributed by atoms with Gasteiger partial charge in [-0.25, -0.2) is 14.4 Å². The Morgan fingerprint density at radius 3 is 1.98 bits per heavy atom. The summed E-state index contributed by atoms with van der Waals surface area (Å²) in [5.41, 5.74) is -0.302. The molecule has 3 unspecified atom stereocenters. The molecule has 2 heterocycles. The fourth-order valence-corrected chi connectivity index (χ4v) is 7.65. The molecule has 1 aliphatic rings. The highest BCUT2D eigenvalue weighted by molar-refractivity contribution is 7.62. The van der Waals surface area contributed by atoms with E-state index < -0.39 is 76.2 Å². The first-order valence-corrected chi connectivity index (χ1v) is 18.0. The first-order valence-electron chi connectivity index (χ1n) is 14.8. The van der Waals surface area contributed by atoms with Crippen LogP contribution in [0.3, 0.4) is 0 Å². The largest absolute Gasteiger partial charge is 0.778 e. The molecule has 0 saturated carbocycles. The zero-order chi connectivity index (χ0) is 35.9. The predicted octanol–water partition coefficient (Wildman–Crippen LogP) is 3.23. The molecule has 1 fully saturated rings. The van der Waals surface area contributed by atoms with Crippen LogP contribution < -0.4 is 31.7 Å². The lowest BCUT2D eigenvalue weighted by molar-refractivity contribution is -0.234. The molecular formula is C31H30N4O13P2-2. The summed E-state index contributed by atoms with van der Waals surface area (Å²) in [5.74, 6) is 0. The second-order valence-corrected chi connectivity index (χ2v) is 14.2. The molecule has 0 aliphatic carbocycles. The summed E-state index contributed by atoms with van der Waals surface area (Å²) >= 11 is 0. The molecule has 0 spiro atoms. The highest BCUT2D eigenvalue weighted by atomic mass is 31.3. The molecule has 1 aromatic heterocycles. The van der Waals surface area contributed by atoms with E-state index in [9.17, 15) is 38.1 Å². The number of aryl methyl sites for hydroxylation is 1. The number of phosphoric acid groups is 1. The molecule has 0 bridgehead atoms. The van der Waals surface area contributed by atoms with Gasteiger partial charge in [0.25, 0.3) is 13.4 Å². The molecule has 6 atom stereocenters. The Labute approximate surface area is 283 Å². The maximum Gasteiger partial charge on any atom is 0.412 e. The summed E-state index contributed by atoms with van der Waals surface area (Å²) in [6, 6.07) is 23.4. The van der Waals surface area contributed by atoms with Gasteiger partial charge in [0.05, 0.1) is 6.61 Å². The number of ether oxygens (including phenoxy) is 3. The molecule has 5 rings (SSSR count). The number of hydrogen-bond acceptors (Lipinski definition) is 13. The lowest BCUT2D eigenvalue weighted by atomic mass is 10.1. The van der Waals surface area contributed by atoms with Crippen molar-refractivity contribution in [3.05, 3.63) is 129 Å². The number of anilines is 2. The first kappa shape index (κ1) is 36.4. The van der Waals surface area contributed by atoms with Crippen molar-refractivity contribution in [2.45, 2.75) is 37.6 Å². The number of hydrogen-bond donors (Lipinski definition) is 3. The number of phosphoric ester groups is 1. The van der Waals surface area contributed by atoms with E-state index in [-0.39, 0.29) is 0 Å².